The van der Waals surface area contributed by atoms with E-state index < -0.39 is 27.4 Å². The second kappa shape index (κ2) is 6.35. The first kappa shape index (κ1) is 18.6. The summed E-state index contributed by atoms with van der Waals surface area (Å²) in [5.41, 5.74) is -1.28. The monoisotopic (exact) mass is 392 g/mol. The van der Waals surface area contributed by atoms with Gasteiger partial charge in [0.2, 0.25) is 10.0 Å². The summed E-state index contributed by atoms with van der Waals surface area (Å²) in [5, 5.41) is 11.4. The van der Waals surface area contributed by atoms with Gasteiger partial charge in [0, 0.05) is 24.1 Å². The fraction of sp³-hybridized carbons (Fsp3) is 0.385. The first-order valence-electron chi connectivity index (χ1n) is 6.17. The summed E-state index contributed by atoms with van der Waals surface area (Å²) in [7, 11) is -0.837. The number of aliphatic carboxylic acids is 1. The van der Waals surface area contributed by atoms with Crippen LogP contribution in [-0.4, -0.2) is 49.3 Å². The van der Waals surface area contributed by atoms with Gasteiger partial charge in [-0.3, -0.25) is 4.79 Å². The van der Waals surface area contributed by atoms with Crippen molar-refractivity contribution in [2.24, 2.45) is 0 Å². The Morgan fingerprint density at radius 1 is 1.27 bits per heavy atom. The van der Waals surface area contributed by atoms with E-state index in [-0.39, 0.29) is 14.9 Å². The number of hydrogen-bond acceptors (Lipinski definition) is 4. The summed E-state index contributed by atoms with van der Waals surface area (Å²) in [6.07, 6.45) is 0. The summed E-state index contributed by atoms with van der Waals surface area (Å²) in [5.74, 6) is -1.78. The predicted octanol–water partition coefficient (Wildman–Crippen LogP) is 1.29. The molecule has 0 aliphatic carbocycles. The second-order valence-corrected chi connectivity index (χ2v) is 8.29. The second-order valence-electron chi connectivity index (χ2n) is 5.32. The van der Waals surface area contributed by atoms with Gasteiger partial charge in [0.1, 0.15) is 5.54 Å². The molecule has 122 valence electrons. The summed E-state index contributed by atoms with van der Waals surface area (Å²) < 4.78 is 25.4. The molecule has 1 amide bonds. The van der Waals surface area contributed by atoms with Gasteiger partial charge in [0.15, 0.2) is 0 Å². The number of nitrogens with one attached hydrogen (secondary N) is 1. The van der Waals surface area contributed by atoms with E-state index in [9.17, 15) is 18.0 Å². The van der Waals surface area contributed by atoms with Crippen LogP contribution in [0.15, 0.2) is 27.6 Å². The molecule has 0 fully saturated rings. The number of carboxylic acids is 1. The molecule has 0 unspecified atom stereocenters. The highest BCUT2D eigenvalue weighted by Crippen LogP contribution is 2.25. The van der Waals surface area contributed by atoms with E-state index in [1.807, 2.05) is 0 Å². The van der Waals surface area contributed by atoms with Gasteiger partial charge in [-0.25, -0.2) is 17.5 Å². The van der Waals surface area contributed by atoms with E-state index in [4.69, 9.17) is 5.11 Å². The fourth-order valence-electron chi connectivity index (χ4n) is 1.46. The number of rotatable bonds is 5. The molecule has 1 rings (SSSR count). The van der Waals surface area contributed by atoms with Gasteiger partial charge >= 0.3 is 5.97 Å². The SMILES string of the molecule is CN(C)S(=O)(=O)c1ccc(C(=O)NC(C)(C)C(=O)O)cc1Br. The Bertz CT molecular complexity index is 713. The third-order valence-electron chi connectivity index (χ3n) is 2.91. The van der Waals surface area contributed by atoms with Crippen molar-refractivity contribution in [3.8, 4) is 0 Å². The third kappa shape index (κ3) is 3.84. The molecule has 22 heavy (non-hydrogen) atoms. The maximum absolute atomic E-state index is 12.1. The lowest BCUT2D eigenvalue weighted by atomic mass is 10.1. The number of nitrogens with zero attached hydrogens (tertiary/aromatic N) is 1. The molecule has 0 spiro atoms. The smallest absolute Gasteiger partial charge is 0.328 e. The van der Waals surface area contributed by atoms with Gasteiger partial charge in [0.05, 0.1) is 4.90 Å². The van der Waals surface area contributed by atoms with Crippen molar-refractivity contribution in [3.63, 3.8) is 0 Å². The Kier molecular flexibility index (Phi) is 5.37. The van der Waals surface area contributed by atoms with Crippen LogP contribution in [0.2, 0.25) is 0 Å². The van der Waals surface area contributed by atoms with Crippen molar-refractivity contribution in [2.75, 3.05) is 14.1 Å². The standard InChI is InChI=1S/C13H17BrN2O5S/c1-13(2,12(18)19)15-11(17)8-5-6-10(9(14)7-8)22(20,21)16(3)4/h5-7H,1-4H3,(H,15,17)(H,18,19). The molecule has 1 aromatic carbocycles. The van der Waals surface area contributed by atoms with Crippen LogP contribution in [0.1, 0.15) is 24.2 Å². The van der Waals surface area contributed by atoms with Crippen LogP contribution in [0.3, 0.4) is 0 Å². The minimum atomic E-state index is -3.64. The third-order valence-corrected chi connectivity index (χ3v) is 5.71. The van der Waals surface area contributed by atoms with Gasteiger partial charge in [0.25, 0.3) is 5.91 Å². The zero-order valence-electron chi connectivity index (χ0n) is 12.5. The van der Waals surface area contributed by atoms with Crippen LogP contribution in [0.5, 0.6) is 0 Å². The number of benzene rings is 1. The number of halogens is 1. The molecule has 9 heteroatoms. The summed E-state index contributed by atoms with van der Waals surface area (Å²) >= 11 is 3.13. The van der Waals surface area contributed by atoms with Crippen LogP contribution >= 0.6 is 15.9 Å². The maximum Gasteiger partial charge on any atom is 0.328 e. The number of carboxylic acid groups (broad SMARTS) is 1. The van der Waals surface area contributed by atoms with Crippen LogP contribution < -0.4 is 5.32 Å². The molecule has 7 nitrogen and oxygen atoms in total. The first-order chi connectivity index (χ1) is 9.89. The van der Waals surface area contributed by atoms with Crippen molar-refractivity contribution in [1.29, 1.82) is 0 Å². The average Bonchev–Trinajstić information content (AvgIpc) is 2.37. The molecule has 0 saturated heterocycles. The molecule has 0 aliphatic heterocycles. The predicted molar refractivity (Wildman–Crippen MR) is 84.2 cm³/mol. The number of hydrogen-bond donors (Lipinski definition) is 2. The molecular weight excluding hydrogens is 376 g/mol. The number of amides is 1. The average molecular weight is 393 g/mol. The van der Waals surface area contributed by atoms with E-state index in [1.54, 1.807) is 0 Å². The quantitative estimate of drug-likeness (QED) is 0.785. The van der Waals surface area contributed by atoms with E-state index in [0.717, 1.165) is 4.31 Å². The van der Waals surface area contributed by atoms with E-state index in [1.165, 1.54) is 46.1 Å². The Hall–Kier alpha value is -1.45. The molecule has 0 saturated carbocycles. The molecule has 0 atom stereocenters. The normalized spacial score (nSPS) is 12.3. The van der Waals surface area contributed by atoms with E-state index >= 15 is 0 Å². The minimum Gasteiger partial charge on any atom is -0.480 e. The van der Waals surface area contributed by atoms with Crippen molar-refractivity contribution in [1.82, 2.24) is 9.62 Å². The van der Waals surface area contributed by atoms with Crippen LogP contribution in [0.4, 0.5) is 0 Å². The summed E-state index contributed by atoms with van der Waals surface area (Å²) in [4.78, 5) is 23.1. The zero-order chi connectivity index (χ0) is 17.3. The van der Waals surface area contributed by atoms with E-state index in [2.05, 4.69) is 21.2 Å². The molecular formula is C13H17BrN2O5S. The van der Waals surface area contributed by atoms with Gasteiger partial charge in [-0.2, -0.15) is 0 Å². The Morgan fingerprint density at radius 2 is 1.82 bits per heavy atom. The van der Waals surface area contributed by atoms with Crippen LogP contribution in [0, 0.1) is 0 Å². The summed E-state index contributed by atoms with van der Waals surface area (Å²) in [6, 6.07) is 3.96. The lowest BCUT2D eigenvalue weighted by molar-refractivity contribution is -0.143. The Balaban J connectivity index is 3.15. The van der Waals surface area contributed by atoms with Gasteiger partial charge < -0.3 is 10.4 Å². The van der Waals surface area contributed by atoms with Crippen molar-refractivity contribution in [2.45, 2.75) is 24.3 Å². The minimum absolute atomic E-state index is 0.0199. The molecule has 0 bridgehead atoms. The largest absolute Gasteiger partial charge is 0.480 e. The molecule has 1 aromatic rings. The number of sulfonamides is 1. The molecule has 0 radical (unpaired) electrons. The van der Waals surface area contributed by atoms with Crippen molar-refractivity contribution in [3.05, 3.63) is 28.2 Å². The molecule has 0 aliphatic rings. The molecule has 0 aromatic heterocycles. The van der Waals surface area contributed by atoms with Crippen LogP contribution in [0.25, 0.3) is 0 Å². The lowest BCUT2D eigenvalue weighted by Gasteiger charge is -2.21. The topological polar surface area (TPSA) is 104 Å². The maximum atomic E-state index is 12.1. The highest BCUT2D eigenvalue weighted by Gasteiger charge is 2.30. The fourth-order valence-corrected chi connectivity index (χ4v) is 3.39. The van der Waals surface area contributed by atoms with Crippen molar-refractivity contribution >= 4 is 37.8 Å². The Morgan fingerprint density at radius 3 is 2.23 bits per heavy atom. The zero-order valence-corrected chi connectivity index (χ0v) is 14.9. The van der Waals surface area contributed by atoms with Gasteiger partial charge in [-0.05, 0) is 48.0 Å². The summed E-state index contributed by atoms with van der Waals surface area (Å²) in [6.45, 7) is 2.71. The Labute approximate surface area is 137 Å². The first-order valence-corrected chi connectivity index (χ1v) is 8.41. The van der Waals surface area contributed by atoms with E-state index in [0.29, 0.717) is 0 Å². The highest BCUT2D eigenvalue weighted by molar-refractivity contribution is 9.10. The van der Waals surface area contributed by atoms with Gasteiger partial charge in [-0.1, -0.05) is 0 Å². The highest BCUT2D eigenvalue weighted by atomic mass is 79.9. The number of carbonyl (C=O) groups excluding carboxylic acids is 1. The van der Waals surface area contributed by atoms with Crippen LogP contribution in [-0.2, 0) is 14.8 Å². The molecule has 0 heterocycles. The lowest BCUT2D eigenvalue weighted by Crippen LogP contribution is -2.49. The van der Waals surface area contributed by atoms with Gasteiger partial charge in [-0.15, -0.1) is 0 Å². The number of carbonyl (C=O) groups is 2. The molecule has 2 N–H and O–H groups in total. The van der Waals surface area contributed by atoms with Crippen molar-refractivity contribution < 1.29 is 23.1 Å².